The van der Waals surface area contributed by atoms with Gasteiger partial charge in [0.05, 0.1) is 24.3 Å². The summed E-state index contributed by atoms with van der Waals surface area (Å²) in [7, 11) is 0. The van der Waals surface area contributed by atoms with Gasteiger partial charge < -0.3 is 10.5 Å². The highest BCUT2D eigenvalue weighted by atomic mass is 19.4. The van der Waals surface area contributed by atoms with Crippen LogP contribution in [0.2, 0.25) is 0 Å². The molecule has 0 aliphatic carbocycles. The largest absolute Gasteiger partial charge is 0.416 e. The van der Waals surface area contributed by atoms with Gasteiger partial charge in [-0.1, -0.05) is 25.1 Å². The van der Waals surface area contributed by atoms with Gasteiger partial charge in [0.1, 0.15) is 0 Å². The number of benzene rings is 1. The Morgan fingerprint density at radius 1 is 1.35 bits per heavy atom. The minimum Gasteiger partial charge on any atom is -0.374 e. The predicted molar refractivity (Wildman–Crippen MR) is 70.2 cm³/mol. The van der Waals surface area contributed by atoms with Crippen molar-refractivity contribution in [1.29, 1.82) is 0 Å². The van der Waals surface area contributed by atoms with Gasteiger partial charge in [-0.15, -0.1) is 0 Å². The van der Waals surface area contributed by atoms with Gasteiger partial charge in [-0.25, -0.2) is 0 Å². The monoisotopic (exact) mass is 288 g/mol. The lowest BCUT2D eigenvalue weighted by Gasteiger charge is -2.41. The third-order valence-electron chi connectivity index (χ3n) is 3.68. The minimum absolute atomic E-state index is 0.202. The van der Waals surface area contributed by atoms with E-state index in [1.807, 2.05) is 11.8 Å². The summed E-state index contributed by atoms with van der Waals surface area (Å²) in [4.78, 5) is 1.99. The van der Waals surface area contributed by atoms with Crippen molar-refractivity contribution >= 4 is 0 Å². The zero-order valence-corrected chi connectivity index (χ0v) is 11.4. The third kappa shape index (κ3) is 2.97. The summed E-state index contributed by atoms with van der Waals surface area (Å²) in [6.07, 6.45) is -4.78. The highest BCUT2D eigenvalue weighted by molar-refractivity contribution is 5.33. The molecular weight excluding hydrogens is 269 g/mol. The van der Waals surface area contributed by atoms with E-state index in [1.165, 1.54) is 12.1 Å². The van der Waals surface area contributed by atoms with Gasteiger partial charge in [0.15, 0.2) is 0 Å². The molecule has 1 aromatic rings. The number of alkyl halides is 3. The zero-order valence-electron chi connectivity index (χ0n) is 11.4. The smallest absolute Gasteiger partial charge is 0.374 e. The van der Waals surface area contributed by atoms with E-state index in [1.54, 1.807) is 6.07 Å². The summed E-state index contributed by atoms with van der Waals surface area (Å²) < 4.78 is 45.1. The van der Waals surface area contributed by atoms with Crippen LogP contribution < -0.4 is 5.73 Å². The molecule has 6 heteroatoms. The first-order chi connectivity index (χ1) is 9.49. The van der Waals surface area contributed by atoms with Crippen LogP contribution in [0.1, 0.15) is 24.1 Å². The average Bonchev–Trinajstić information content (AvgIpc) is 2.45. The lowest BCUT2D eigenvalue weighted by atomic mass is 9.93. The molecule has 2 N–H and O–H groups in total. The summed E-state index contributed by atoms with van der Waals surface area (Å²) >= 11 is 0. The van der Waals surface area contributed by atoms with E-state index in [-0.39, 0.29) is 12.1 Å². The Kier molecular flexibility index (Phi) is 4.67. The van der Waals surface area contributed by atoms with E-state index in [2.05, 4.69) is 0 Å². The van der Waals surface area contributed by atoms with Gasteiger partial charge in [0.2, 0.25) is 0 Å². The third-order valence-corrected chi connectivity index (χ3v) is 3.68. The van der Waals surface area contributed by atoms with E-state index in [0.717, 1.165) is 6.07 Å². The maximum atomic E-state index is 13.2. The van der Waals surface area contributed by atoms with Crippen LogP contribution in [0.5, 0.6) is 0 Å². The Balaban J connectivity index is 2.46. The number of hydrogen-bond donors (Lipinski definition) is 1. The van der Waals surface area contributed by atoms with Crippen molar-refractivity contribution in [2.75, 3.05) is 26.2 Å². The van der Waals surface area contributed by atoms with Crippen molar-refractivity contribution in [2.45, 2.75) is 25.2 Å². The number of nitrogens with two attached hydrogens (primary N) is 1. The minimum atomic E-state index is -4.37. The maximum absolute atomic E-state index is 13.2. The summed E-state index contributed by atoms with van der Waals surface area (Å²) in [6.45, 7) is 3.91. The maximum Gasteiger partial charge on any atom is 0.416 e. The molecule has 2 atom stereocenters. The topological polar surface area (TPSA) is 38.5 Å². The number of likely N-dealkylation sites (N-methyl/N-ethyl adjacent to an activating group) is 1. The highest BCUT2D eigenvalue weighted by Gasteiger charge is 2.40. The molecule has 1 heterocycles. The van der Waals surface area contributed by atoms with E-state index >= 15 is 0 Å². The number of nitrogens with zero attached hydrogens (tertiary/aromatic N) is 1. The molecule has 1 aromatic carbocycles. The first-order valence-electron chi connectivity index (χ1n) is 6.70. The lowest BCUT2D eigenvalue weighted by Crippen LogP contribution is -2.48. The zero-order chi connectivity index (χ0) is 14.8. The second-order valence-electron chi connectivity index (χ2n) is 4.80. The van der Waals surface area contributed by atoms with Gasteiger partial charge in [-0.2, -0.15) is 13.2 Å². The summed E-state index contributed by atoms with van der Waals surface area (Å²) in [5, 5.41) is 0. The number of rotatable bonds is 3. The van der Waals surface area contributed by atoms with Gasteiger partial charge in [-0.05, 0) is 18.2 Å². The quantitative estimate of drug-likeness (QED) is 0.928. The van der Waals surface area contributed by atoms with E-state index < -0.39 is 23.9 Å². The van der Waals surface area contributed by atoms with Crippen molar-refractivity contribution in [3.8, 4) is 0 Å². The molecule has 2 unspecified atom stereocenters. The van der Waals surface area contributed by atoms with Crippen LogP contribution in [0.15, 0.2) is 24.3 Å². The van der Waals surface area contributed by atoms with Gasteiger partial charge >= 0.3 is 6.18 Å². The Morgan fingerprint density at radius 3 is 2.65 bits per heavy atom. The Labute approximate surface area is 116 Å². The van der Waals surface area contributed by atoms with Crippen molar-refractivity contribution in [3.63, 3.8) is 0 Å². The van der Waals surface area contributed by atoms with E-state index in [9.17, 15) is 13.2 Å². The summed E-state index contributed by atoms with van der Waals surface area (Å²) in [6, 6.07) is 5.22. The number of ether oxygens (including phenoxy) is 1. The summed E-state index contributed by atoms with van der Waals surface area (Å²) in [5.41, 5.74) is 5.32. The second kappa shape index (κ2) is 6.11. The van der Waals surface area contributed by atoms with Crippen LogP contribution in [0.4, 0.5) is 13.2 Å². The van der Waals surface area contributed by atoms with Crippen molar-refractivity contribution in [3.05, 3.63) is 35.4 Å². The first-order valence-corrected chi connectivity index (χ1v) is 6.70. The fourth-order valence-corrected chi connectivity index (χ4v) is 2.75. The lowest BCUT2D eigenvalue weighted by molar-refractivity contribution is -0.140. The number of halogens is 3. The Morgan fingerprint density at radius 2 is 2.05 bits per heavy atom. The summed E-state index contributed by atoms with van der Waals surface area (Å²) in [5.74, 6) is 0. The molecule has 0 bridgehead atoms. The number of morpholine rings is 1. The molecule has 0 spiro atoms. The first kappa shape index (κ1) is 15.3. The Hall–Kier alpha value is -1.11. The fraction of sp³-hybridized carbons (Fsp3) is 0.571. The van der Waals surface area contributed by atoms with Crippen LogP contribution in [0.25, 0.3) is 0 Å². The average molecular weight is 288 g/mol. The van der Waals surface area contributed by atoms with Crippen molar-refractivity contribution < 1.29 is 17.9 Å². The van der Waals surface area contributed by atoms with Crippen LogP contribution in [-0.4, -0.2) is 37.2 Å². The van der Waals surface area contributed by atoms with Gasteiger partial charge in [0.25, 0.3) is 0 Å². The van der Waals surface area contributed by atoms with Gasteiger partial charge in [-0.3, -0.25) is 4.90 Å². The molecule has 0 aromatic heterocycles. The van der Waals surface area contributed by atoms with Crippen LogP contribution in [0.3, 0.4) is 0 Å². The number of hydrogen-bond acceptors (Lipinski definition) is 3. The predicted octanol–water partition coefficient (Wildman–Crippen LogP) is 2.43. The molecule has 112 valence electrons. The molecule has 1 aliphatic heterocycles. The molecule has 20 heavy (non-hydrogen) atoms. The van der Waals surface area contributed by atoms with Crippen LogP contribution in [0, 0.1) is 0 Å². The molecule has 0 radical (unpaired) electrons. The van der Waals surface area contributed by atoms with Crippen molar-refractivity contribution in [2.24, 2.45) is 5.73 Å². The molecule has 1 saturated heterocycles. The standard InChI is InChI=1S/C14H19F3N2O/c1-2-19-7-8-20-12(9-18)13(19)10-5-3-4-6-11(10)14(15,16)17/h3-6,12-13H,2,7-9,18H2,1H3. The van der Waals surface area contributed by atoms with Crippen molar-refractivity contribution in [1.82, 2.24) is 4.90 Å². The van der Waals surface area contributed by atoms with E-state index in [4.69, 9.17) is 10.5 Å². The normalized spacial score (nSPS) is 24.9. The molecule has 1 fully saturated rings. The van der Waals surface area contributed by atoms with E-state index in [0.29, 0.717) is 19.7 Å². The Bertz CT molecular complexity index is 438. The highest BCUT2D eigenvalue weighted by Crippen LogP contribution is 2.38. The molecule has 1 aliphatic rings. The van der Waals surface area contributed by atoms with Gasteiger partial charge in [0, 0.05) is 13.1 Å². The molecular formula is C14H19F3N2O. The van der Waals surface area contributed by atoms with Crippen LogP contribution in [-0.2, 0) is 10.9 Å². The molecule has 3 nitrogen and oxygen atoms in total. The molecule has 0 saturated carbocycles. The van der Waals surface area contributed by atoms with Crippen LogP contribution >= 0.6 is 0 Å². The molecule has 0 amide bonds. The molecule has 2 rings (SSSR count). The second-order valence-corrected chi connectivity index (χ2v) is 4.80. The SMILES string of the molecule is CCN1CCOC(CN)C1c1ccccc1C(F)(F)F. The fourth-order valence-electron chi connectivity index (χ4n) is 2.75.